The number of aromatic amines is 1. The molecule has 1 saturated carbocycles. The smallest absolute Gasteiger partial charge is 0.268 e. The Bertz CT molecular complexity index is 915. The number of nitrogens with one attached hydrogen (secondary N) is 1. The Balaban J connectivity index is 2.00. The highest BCUT2D eigenvalue weighted by molar-refractivity contribution is 6.03. The predicted molar refractivity (Wildman–Crippen MR) is 95.4 cm³/mol. The quantitative estimate of drug-likeness (QED) is 0.854. The molecular weight excluding hydrogens is 340 g/mol. The molecule has 0 spiro atoms. The third kappa shape index (κ3) is 3.22. The zero-order valence-corrected chi connectivity index (χ0v) is 15.1. The van der Waals surface area contributed by atoms with Gasteiger partial charge < -0.3 is 10.7 Å². The van der Waals surface area contributed by atoms with Crippen molar-refractivity contribution in [2.45, 2.75) is 51.9 Å². The maximum atomic E-state index is 14.7. The molecule has 0 aromatic carbocycles. The molecule has 1 amide bonds. The van der Waals surface area contributed by atoms with Crippen LogP contribution in [0.25, 0.3) is 10.9 Å². The summed E-state index contributed by atoms with van der Waals surface area (Å²) in [5.74, 6) is -4.73. The second kappa shape index (κ2) is 6.14. The number of hydrogen-bond acceptors (Lipinski definition) is 3. The van der Waals surface area contributed by atoms with E-state index in [1.54, 1.807) is 6.07 Å². The fourth-order valence-electron chi connectivity index (χ4n) is 4.11. The second-order valence-electron chi connectivity index (χ2n) is 8.19. The molecule has 1 aliphatic rings. The van der Waals surface area contributed by atoms with Gasteiger partial charge in [0.2, 0.25) is 0 Å². The van der Waals surface area contributed by atoms with E-state index in [4.69, 9.17) is 5.73 Å². The number of alkyl halides is 2. The van der Waals surface area contributed by atoms with Crippen LogP contribution >= 0.6 is 0 Å². The number of carbonyl (C=O) groups excluding carboxylic acids is 1. The molecule has 7 heteroatoms. The van der Waals surface area contributed by atoms with Gasteiger partial charge in [0, 0.05) is 36.2 Å². The van der Waals surface area contributed by atoms with Crippen molar-refractivity contribution in [1.29, 1.82) is 0 Å². The van der Waals surface area contributed by atoms with Crippen molar-refractivity contribution >= 4 is 16.8 Å². The molecule has 2 atom stereocenters. The summed E-state index contributed by atoms with van der Waals surface area (Å²) in [6.45, 7) is 5.51. The lowest BCUT2D eigenvalue weighted by atomic mass is 9.67. The van der Waals surface area contributed by atoms with Crippen molar-refractivity contribution in [3.63, 3.8) is 0 Å². The number of rotatable bonds is 2. The van der Waals surface area contributed by atoms with Gasteiger partial charge in [0.15, 0.2) is 5.43 Å². The second-order valence-corrected chi connectivity index (χ2v) is 8.19. The Morgan fingerprint density at radius 1 is 1.35 bits per heavy atom. The van der Waals surface area contributed by atoms with Crippen molar-refractivity contribution < 1.29 is 13.6 Å². The molecule has 2 aromatic rings. The van der Waals surface area contributed by atoms with E-state index in [9.17, 15) is 18.4 Å². The average Bonchev–Trinajstić information content (AvgIpc) is 2.51. The number of nitrogens with zero attached hydrogens (tertiary/aromatic N) is 1. The summed E-state index contributed by atoms with van der Waals surface area (Å²) in [7, 11) is 0. The number of primary amides is 1. The Hall–Kier alpha value is -2.31. The van der Waals surface area contributed by atoms with Crippen LogP contribution in [0.2, 0.25) is 0 Å². The maximum Gasteiger partial charge on any atom is 0.268 e. The summed E-state index contributed by atoms with van der Waals surface area (Å²) in [4.78, 5) is 30.9. The van der Waals surface area contributed by atoms with E-state index in [0.717, 1.165) is 0 Å². The number of fused-ring (bicyclic) bond motifs is 1. The Kier molecular flexibility index (Phi) is 4.37. The molecule has 0 bridgehead atoms. The van der Waals surface area contributed by atoms with Crippen molar-refractivity contribution in [1.82, 2.24) is 9.97 Å². The summed E-state index contributed by atoms with van der Waals surface area (Å²) in [5.41, 5.74) is 5.10. The lowest BCUT2D eigenvalue weighted by molar-refractivity contribution is -0.128. The number of carbonyl (C=O) groups is 1. The van der Waals surface area contributed by atoms with Gasteiger partial charge in [-0.15, -0.1) is 0 Å². The SMILES string of the molecule is CC(C)(C)C1CCC(c2cc(=O)c3c(C(N)=O)nccc3[nH]2)CC1(F)F. The fourth-order valence-corrected chi connectivity index (χ4v) is 4.11. The number of pyridine rings is 2. The molecule has 2 aromatic heterocycles. The van der Waals surface area contributed by atoms with Crippen molar-refractivity contribution in [2.24, 2.45) is 17.1 Å². The van der Waals surface area contributed by atoms with Crippen LogP contribution in [0, 0.1) is 11.3 Å². The largest absolute Gasteiger partial charge is 0.364 e. The fraction of sp³-hybridized carbons (Fsp3) is 0.526. The van der Waals surface area contributed by atoms with Gasteiger partial charge in [0.1, 0.15) is 5.69 Å². The number of aromatic nitrogens is 2. The first kappa shape index (κ1) is 18.5. The molecule has 1 aliphatic carbocycles. The minimum absolute atomic E-state index is 0.0962. The number of H-pyrrole nitrogens is 1. The van der Waals surface area contributed by atoms with E-state index in [2.05, 4.69) is 9.97 Å². The Morgan fingerprint density at radius 2 is 2.04 bits per heavy atom. The molecule has 26 heavy (non-hydrogen) atoms. The number of nitrogens with two attached hydrogens (primary N) is 1. The van der Waals surface area contributed by atoms with Gasteiger partial charge >= 0.3 is 0 Å². The van der Waals surface area contributed by atoms with E-state index < -0.39 is 34.5 Å². The highest BCUT2D eigenvalue weighted by atomic mass is 19.3. The summed E-state index contributed by atoms with van der Waals surface area (Å²) in [5, 5.41) is 0.0962. The van der Waals surface area contributed by atoms with Crippen LogP contribution in [-0.2, 0) is 0 Å². The molecule has 0 saturated heterocycles. The molecule has 5 nitrogen and oxygen atoms in total. The summed E-state index contributed by atoms with van der Waals surface area (Å²) < 4.78 is 29.4. The first-order chi connectivity index (χ1) is 12.0. The van der Waals surface area contributed by atoms with E-state index in [0.29, 0.717) is 24.1 Å². The topological polar surface area (TPSA) is 88.8 Å². The summed E-state index contributed by atoms with van der Waals surface area (Å²) >= 11 is 0. The van der Waals surface area contributed by atoms with Crippen LogP contribution < -0.4 is 11.2 Å². The zero-order chi connectivity index (χ0) is 19.3. The monoisotopic (exact) mass is 363 g/mol. The van der Waals surface area contributed by atoms with Gasteiger partial charge in [-0.2, -0.15) is 0 Å². The molecule has 0 aliphatic heterocycles. The van der Waals surface area contributed by atoms with E-state index in [1.165, 1.54) is 12.3 Å². The van der Waals surface area contributed by atoms with Crippen molar-refractivity contribution in [3.8, 4) is 0 Å². The normalized spacial score (nSPS) is 23.1. The van der Waals surface area contributed by atoms with Gasteiger partial charge in [-0.1, -0.05) is 20.8 Å². The van der Waals surface area contributed by atoms with Gasteiger partial charge in [-0.05, 0) is 24.3 Å². The predicted octanol–water partition coefficient (Wildman–Crippen LogP) is 3.59. The Labute approximate surface area is 150 Å². The zero-order valence-electron chi connectivity index (χ0n) is 15.1. The number of hydrogen-bond donors (Lipinski definition) is 2. The maximum absolute atomic E-state index is 14.7. The standard InChI is InChI=1S/C19H23F2N3O2/c1-18(2,3)14-5-4-10(9-19(14,20)21)12-8-13(25)15-11(24-12)6-7-23-16(15)17(22)26/h6-8,10,14H,4-5,9H2,1-3H3,(H2,22,26)(H,24,25). The van der Waals surface area contributed by atoms with E-state index in [1.807, 2.05) is 20.8 Å². The molecule has 1 fully saturated rings. The van der Waals surface area contributed by atoms with Crippen LogP contribution in [0.1, 0.15) is 62.1 Å². The molecule has 3 N–H and O–H groups in total. The van der Waals surface area contributed by atoms with Crippen LogP contribution in [0.5, 0.6) is 0 Å². The lowest BCUT2D eigenvalue weighted by Crippen LogP contribution is -2.42. The van der Waals surface area contributed by atoms with Gasteiger partial charge in [0.05, 0.1) is 10.9 Å². The van der Waals surface area contributed by atoms with Crippen LogP contribution in [0.15, 0.2) is 23.1 Å². The molecule has 0 radical (unpaired) electrons. The van der Waals surface area contributed by atoms with Gasteiger partial charge in [0.25, 0.3) is 11.8 Å². The third-order valence-corrected chi connectivity index (χ3v) is 5.31. The van der Waals surface area contributed by atoms with Gasteiger partial charge in [-0.25, -0.2) is 8.78 Å². The van der Waals surface area contributed by atoms with E-state index in [-0.39, 0.29) is 17.5 Å². The summed E-state index contributed by atoms with van der Waals surface area (Å²) in [6.07, 6.45) is 2.04. The minimum atomic E-state index is -2.80. The third-order valence-electron chi connectivity index (χ3n) is 5.31. The van der Waals surface area contributed by atoms with Crippen LogP contribution in [-0.4, -0.2) is 21.8 Å². The minimum Gasteiger partial charge on any atom is -0.364 e. The van der Waals surface area contributed by atoms with Crippen LogP contribution in [0.4, 0.5) is 8.78 Å². The van der Waals surface area contributed by atoms with Crippen molar-refractivity contribution in [3.05, 3.63) is 39.9 Å². The highest BCUT2D eigenvalue weighted by Crippen LogP contribution is 2.51. The average molecular weight is 363 g/mol. The highest BCUT2D eigenvalue weighted by Gasteiger charge is 2.50. The summed E-state index contributed by atoms with van der Waals surface area (Å²) in [6, 6.07) is 2.85. The van der Waals surface area contributed by atoms with Crippen molar-refractivity contribution in [2.75, 3.05) is 0 Å². The number of halogens is 2. The molecule has 2 unspecified atom stereocenters. The Morgan fingerprint density at radius 3 is 2.62 bits per heavy atom. The van der Waals surface area contributed by atoms with Crippen LogP contribution in [0.3, 0.4) is 0 Å². The first-order valence-electron chi connectivity index (χ1n) is 8.70. The number of amides is 1. The molecule has 140 valence electrons. The van der Waals surface area contributed by atoms with E-state index >= 15 is 0 Å². The first-order valence-corrected chi connectivity index (χ1v) is 8.70. The lowest BCUT2D eigenvalue weighted by Gasteiger charge is -2.42. The molecular formula is C19H23F2N3O2. The van der Waals surface area contributed by atoms with Gasteiger partial charge in [-0.3, -0.25) is 14.6 Å². The molecule has 2 heterocycles. The molecule has 3 rings (SSSR count).